The Morgan fingerprint density at radius 1 is 1.16 bits per heavy atom. The van der Waals surface area contributed by atoms with Crippen LogP contribution in [0.5, 0.6) is 17.4 Å². The summed E-state index contributed by atoms with van der Waals surface area (Å²) in [6.07, 6.45) is 2.28. The Bertz CT molecular complexity index is 1990. The number of hydrogen-bond acceptors (Lipinski definition) is 9. The van der Waals surface area contributed by atoms with Gasteiger partial charge in [-0.25, -0.2) is 4.79 Å². The molecule has 2 atom stereocenters. The van der Waals surface area contributed by atoms with E-state index in [0.29, 0.717) is 35.4 Å². The van der Waals surface area contributed by atoms with Crippen molar-refractivity contribution in [2.45, 2.75) is 57.7 Å². The zero-order valence-electron chi connectivity index (χ0n) is 26.5. The minimum atomic E-state index is -4.72. The molecule has 258 valence electrons. The third kappa shape index (κ3) is 8.92. The lowest BCUT2D eigenvalue weighted by Crippen LogP contribution is -2.44. The predicted octanol–water partition coefficient (Wildman–Crippen LogP) is 6.31. The molecule has 4 rings (SSSR count). The van der Waals surface area contributed by atoms with E-state index in [-0.39, 0.29) is 46.3 Å². The van der Waals surface area contributed by atoms with E-state index in [1.165, 1.54) is 43.4 Å². The number of halogens is 3. The number of allylic oxidation sites excluding steroid dienone is 2. The number of ketones is 1. The fraction of sp³-hybridized carbons (Fsp3) is 0.278. The van der Waals surface area contributed by atoms with Crippen LogP contribution in [0.1, 0.15) is 77.7 Å². The summed E-state index contributed by atoms with van der Waals surface area (Å²) in [6.45, 7) is 3.46. The smallest absolute Gasteiger partial charge is 0.507 e. The van der Waals surface area contributed by atoms with E-state index in [4.69, 9.17) is 26.1 Å². The zero-order valence-corrected chi connectivity index (χ0v) is 27.3. The van der Waals surface area contributed by atoms with Crippen LogP contribution in [0.15, 0.2) is 69.9 Å². The molecule has 2 aromatic carbocycles. The lowest BCUT2D eigenvalue weighted by atomic mass is 9.88. The summed E-state index contributed by atoms with van der Waals surface area (Å²) in [7, 11) is 0. The minimum Gasteiger partial charge on any atom is -0.507 e. The molecule has 0 fully saturated rings. The first-order valence-electron chi connectivity index (χ1n) is 15.2. The van der Waals surface area contributed by atoms with Gasteiger partial charge in [0.15, 0.2) is 11.2 Å². The molecule has 0 aliphatic heterocycles. The van der Waals surface area contributed by atoms with Gasteiger partial charge in [-0.2, -0.15) is 13.2 Å². The molecule has 0 saturated carbocycles. The van der Waals surface area contributed by atoms with Crippen molar-refractivity contribution in [1.29, 1.82) is 0 Å². The predicted molar refractivity (Wildman–Crippen MR) is 179 cm³/mol. The second-order valence-electron chi connectivity index (χ2n) is 11.1. The molecule has 0 bridgehead atoms. The fourth-order valence-electron chi connectivity index (χ4n) is 5.30. The van der Waals surface area contributed by atoms with Crippen LogP contribution in [0, 0.1) is 0 Å². The van der Waals surface area contributed by atoms with Crippen LogP contribution in [-0.4, -0.2) is 38.7 Å². The summed E-state index contributed by atoms with van der Waals surface area (Å²) in [5.74, 6) is -2.15. The number of hydrogen-bond donors (Lipinski definition) is 3. The van der Waals surface area contributed by atoms with Crippen molar-refractivity contribution in [3.8, 4) is 17.4 Å². The maximum absolute atomic E-state index is 13.8. The van der Waals surface area contributed by atoms with Crippen LogP contribution in [-0.2, 0) is 12.6 Å². The Morgan fingerprint density at radius 2 is 1.92 bits per heavy atom. The minimum absolute atomic E-state index is 0.0356. The van der Waals surface area contributed by atoms with Crippen molar-refractivity contribution in [1.82, 2.24) is 0 Å². The number of aromatic hydroxyl groups is 1. The summed E-state index contributed by atoms with van der Waals surface area (Å²) < 4.78 is 56.9. The zero-order chi connectivity index (χ0) is 35.9. The molecule has 0 amide bonds. The van der Waals surface area contributed by atoms with E-state index in [1.54, 1.807) is 18.2 Å². The van der Waals surface area contributed by atoms with Crippen LogP contribution in [0.25, 0.3) is 12.2 Å². The summed E-state index contributed by atoms with van der Waals surface area (Å²) >= 11 is 5.17. The molecule has 0 unspecified atom stereocenters. The number of aliphatic hydroxyl groups is 1. The van der Waals surface area contributed by atoms with E-state index >= 15 is 0 Å². The van der Waals surface area contributed by atoms with Gasteiger partial charge >= 0.3 is 18.3 Å². The third-order valence-electron chi connectivity index (χ3n) is 7.61. The molecule has 13 heteroatoms. The highest BCUT2D eigenvalue weighted by molar-refractivity contribution is 7.81. The molecule has 1 aromatic heterocycles. The van der Waals surface area contributed by atoms with Gasteiger partial charge in [-0.15, -0.1) is 0 Å². The van der Waals surface area contributed by atoms with E-state index in [2.05, 4.69) is 0 Å². The van der Waals surface area contributed by atoms with Gasteiger partial charge in [0, 0.05) is 22.8 Å². The summed E-state index contributed by atoms with van der Waals surface area (Å²) in [5, 5.41) is 31.4. The number of benzene rings is 2. The van der Waals surface area contributed by atoms with Gasteiger partial charge in [0.05, 0.1) is 34.6 Å². The molecule has 1 heterocycles. The Balaban J connectivity index is 1.67. The fourth-order valence-corrected chi connectivity index (χ4v) is 5.49. The first-order chi connectivity index (χ1) is 23.2. The van der Waals surface area contributed by atoms with E-state index < -0.39 is 46.9 Å². The van der Waals surface area contributed by atoms with Gasteiger partial charge in [0.1, 0.15) is 16.9 Å². The second-order valence-corrected chi connectivity index (χ2v) is 11.6. The van der Waals surface area contributed by atoms with Crippen molar-refractivity contribution >= 4 is 41.2 Å². The van der Waals surface area contributed by atoms with Gasteiger partial charge in [-0.1, -0.05) is 68.1 Å². The van der Waals surface area contributed by atoms with Gasteiger partial charge < -0.3 is 29.2 Å². The molecular formula is C36H33F3O9S. The normalized spacial score (nSPS) is 14.2. The molecule has 3 N–H and O–H groups in total. The molecule has 1 aliphatic rings. The number of aliphatic hydroxyl groups excluding tert-OH is 1. The summed E-state index contributed by atoms with van der Waals surface area (Å²) in [5.41, 5.74) is -1.74. The number of carboxylic acid groups (broad SMARTS) is 1. The molecule has 3 aromatic rings. The molecule has 49 heavy (non-hydrogen) atoms. The Labute approximate surface area is 283 Å². The topological polar surface area (TPSA) is 144 Å². The Kier molecular flexibility index (Phi) is 12.0. The number of Topliss-reactive ketones (excluding diaryl/α,β-unsaturated/α-hetero) is 1. The number of carbonyl (C=O) groups is 2. The molecule has 0 radical (unpaired) electrons. The number of phenolic OH excluding ortho intramolecular Hbond substituents is 1. The lowest BCUT2D eigenvalue weighted by Gasteiger charge is -2.22. The van der Waals surface area contributed by atoms with Crippen LogP contribution < -0.4 is 25.5 Å². The van der Waals surface area contributed by atoms with Crippen LogP contribution >= 0.6 is 12.2 Å². The van der Waals surface area contributed by atoms with Crippen LogP contribution in [0.4, 0.5) is 18.0 Å². The number of rotatable bonds is 13. The largest absolute Gasteiger partial charge is 0.513 e. The second kappa shape index (κ2) is 15.9. The Morgan fingerprint density at radius 3 is 2.59 bits per heavy atom. The molecular weight excluding hydrogens is 665 g/mol. The van der Waals surface area contributed by atoms with E-state index in [9.17, 15) is 42.9 Å². The average molecular weight is 699 g/mol. The van der Waals surface area contributed by atoms with Crippen molar-refractivity contribution in [3.05, 3.63) is 109 Å². The van der Waals surface area contributed by atoms with Gasteiger partial charge in [-0.05, 0) is 55.7 Å². The monoisotopic (exact) mass is 698 g/mol. The summed E-state index contributed by atoms with van der Waals surface area (Å²) in [6, 6.07) is 7.03. The highest BCUT2D eigenvalue weighted by Crippen LogP contribution is 2.38. The molecule has 0 saturated heterocycles. The maximum Gasteiger partial charge on any atom is 0.513 e. The van der Waals surface area contributed by atoms with Gasteiger partial charge in [0.25, 0.3) is 0 Å². The average Bonchev–Trinajstić information content (AvgIpc) is 3.03. The first kappa shape index (κ1) is 36.8. The van der Waals surface area contributed by atoms with Crippen molar-refractivity contribution in [2.75, 3.05) is 6.61 Å². The maximum atomic E-state index is 13.8. The van der Waals surface area contributed by atoms with Crippen molar-refractivity contribution < 1.29 is 52.0 Å². The summed E-state index contributed by atoms with van der Waals surface area (Å²) in [4.78, 5) is 37.6. The Hall–Kier alpha value is -5.01. The standard InChI is InChI=1S/C36H33F3O9S/c1-3-9-25-28(16-15-24(20(2)40)32(25)42)46-17-7-5-4-6-12-27(31(41)21-10-8-11-22(18-21)36(37,38)39)30-33(43)26-14-13-23(49)19-29(26)47-34(30)48-35(44)45/h4-6,8,10-12,14-16,18-19,27,31,41-42H,3,7,9,13,17H2,1-2H3,(H,44,45)/b5-4-,12-6+/t27-,31-/m0/s1. The van der Waals surface area contributed by atoms with E-state index in [0.717, 1.165) is 18.2 Å². The van der Waals surface area contributed by atoms with Crippen molar-refractivity contribution in [2.24, 2.45) is 0 Å². The number of phenols is 1. The van der Waals surface area contributed by atoms with Crippen molar-refractivity contribution in [3.63, 3.8) is 0 Å². The highest BCUT2D eigenvalue weighted by Gasteiger charge is 2.34. The first-order valence-corrected chi connectivity index (χ1v) is 15.6. The van der Waals surface area contributed by atoms with Gasteiger partial charge in [0.2, 0.25) is 0 Å². The molecule has 1 aliphatic carbocycles. The van der Waals surface area contributed by atoms with Crippen LogP contribution in [0.3, 0.4) is 0 Å². The number of thiocarbonyl (C=S) groups is 1. The van der Waals surface area contributed by atoms with Crippen LogP contribution in [0.2, 0.25) is 0 Å². The third-order valence-corrected chi connectivity index (χ3v) is 7.90. The lowest BCUT2D eigenvalue weighted by molar-refractivity contribution is -0.137. The molecule has 9 nitrogen and oxygen atoms in total. The number of alkyl halides is 3. The molecule has 0 spiro atoms. The highest BCUT2D eigenvalue weighted by atomic mass is 32.1. The number of fused-ring (bicyclic) bond motifs is 1. The number of carbonyl (C=O) groups excluding carboxylic acids is 1. The van der Waals surface area contributed by atoms with Gasteiger partial charge in [-0.3, -0.25) is 9.59 Å². The van der Waals surface area contributed by atoms with E-state index in [1.807, 2.05) is 6.92 Å². The quantitative estimate of drug-likeness (QED) is 0.0611. The number of ether oxygens (including phenoxy) is 2. The SMILES string of the molecule is CCCc1c(OCC/C=C\C=C\[C@@H](c2c(OC(=O)O)oc3c(c2=O)=CCC(=S)C=3)[C@@H](O)c2cccc(C(F)(F)F)c2)ccc(C(C)=O)c1O.